The highest BCUT2D eigenvalue weighted by molar-refractivity contribution is 6.46. The van der Waals surface area contributed by atoms with Crippen LogP contribution in [-0.4, -0.2) is 58.1 Å². The number of ether oxygens (including phenoxy) is 1. The quantitative estimate of drug-likeness (QED) is 0.159. The summed E-state index contributed by atoms with van der Waals surface area (Å²) >= 11 is 5.96. The lowest BCUT2D eigenvalue weighted by Crippen LogP contribution is -2.33. The van der Waals surface area contributed by atoms with E-state index in [9.17, 15) is 24.8 Å². The number of likely N-dealkylation sites (tertiary alicyclic amines) is 1. The van der Waals surface area contributed by atoms with E-state index >= 15 is 0 Å². The van der Waals surface area contributed by atoms with Crippen molar-refractivity contribution in [3.8, 4) is 0 Å². The summed E-state index contributed by atoms with van der Waals surface area (Å²) in [6.45, 7) is 0.0298. The maximum Gasteiger partial charge on any atom is 0.295 e. The third kappa shape index (κ3) is 4.74. The Morgan fingerprint density at radius 2 is 1.74 bits per heavy atom. The lowest BCUT2D eigenvalue weighted by atomic mass is 9.95. The number of nitro benzene ring substituents is 1. The predicted octanol–water partition coefficient (Wildman–Crippen LogP) is 2.68. The number of Topliss-reactive ketones (excluding diaryl/α,β-unsaturated/α-hetero) is 1. The first kappa shape index (κ1) is 22.4. The Kier molecular flexibility index (Phi) is 7.01. The number of rotatable bonds is 8. The molecule has 1 aliphatic heterocycles. The number of carbonyl (C=O) groups is 2. The van der Waals surface area contributed by atoms with E-state index in [4.69, 9.17) is 21.4 Å². The van der Waals surface area contributed by atoms with Crippen LogP contribution in [0.4, 0.5) is 5.69 Å². The maximum atomic E-state index is 12.8. The van der Waals surface area contributed by atoms with Crippen LogP contribution in [0.2, 0.25) is 5.02 Å². The van der Waals surface area contributed by atoms with Crippen molar-refractivity contribution in [2.75, 3.05) is 26.4 Å². The van der Waals surface area contributed by atoms with Crippen LogP contribution in [0.15, 0.2) is 54.1 Å². The second-order valence-corrected chi connectivity index (χ2v) is 7.12. The number of aliphatic hydroxyl groups is 2. The van der Waals surface area contributed by atoms with Crippen LogP contribution >= 0.6 is 11.6 Å². The van der Waals surface area contributed by atoms with Crippen molar-refractivity contribution in [1.82, 2.24) is 4.90 Å². The SMILES string of the molecule is O=C1C(=O)N(CCOCCO)C(c2ccc(Cl)cc2)/C1=C(\O)c1ccc([N+](=O)[O-])cc1. The van der Waals surface area contributed by atoms with Gasteiger partial charge in [0.1, 0.15) is 5.76 Å². The molecule has 0 spiro atoms. The standard InChI is InChI=1S/C21H19ClN2O7/c22-15-5-1-13(2-6-15)18-17(19(26)14-3-7-16(8-4-14)24(29)30)20(27)21(28)23(18)9-11-31-12-10-25/h1-8,18,25-26H,9-12H2/b19-17+. The van der Waals surface area contributed by atoms with E-state index in [0.717, 1.165) is 0 Å². The van der Waals surface area contributed by atoms with E-state index < -0.39 is 28.4 Å². The molecular weight excluding hydrogens is 428 g/mol. The van der Waals surface area contributed by atoms with Crippen molar-refractivity contribution in [2.45, 2.75) is 6.04 Å². The monoisotopic (exact) mass is 446 g/mol. The lowest BCUT2D eigenvalue weighted by molar-refractivity contribution is -0.384. The number of carbonyl (C=O) groups excluding carboxylic acids is 2. The van der Waals surface area contributed by atoms with Crippen molar-refractivity contribution in [2.24, 2.45) is 0 Å². The highest BCUT2D eigenvalue weighted by Crippen LogP contribution is 2.39. The average molecular weight is 447 g/mol. The zero-order valence-corrected chi connectivity index (χ0v) is 17.0. The number of halogens is 1. The van der Waals surface area contributed by atoms with Crippen LogP contribution < -0.4 is 0 Å². The minimum Gasteiger partial charge on any atom is -0.507 e. The second kappa shape index (κ2) is 9.69. The molecule has 0 radical (unpaired) electrons. The summed E-state index contributed by atoms with van der Waals surface area (Å²) in [4.78, 5) is 37.1. The fourth-order valence-corrected chi connectivity index (χ4v) is 3.45. The largest absolute Gasteiger partial charge is 0.507 e. The Bertz CT molecular complexity index is 1020. The van der Waals surface area contributed by atoms with E-state index in [2.05, 4.69) is 0 Å². The molecule has 2 N–H and O–H groups in total. The molecule has 2 aromatic rings. The van der Waals surface area contributed by atoms with Gasteiger partial charge in [0.05, 0.1) is 36.4 Å². The number of hydrogen-bond acceptors (Lipinski definition) is 7. The minimum atomic E-state index is -0.898. The molecule has 0 bridgehead atoms. The van der Waals surface area contributed by atoms with Gasteiger partial charge in [-0.05, 0) is 29.8 Å². The number of amides is 1. The number of nitro groups is 1. The van der Waals surface area contributed by atoms with Gasteiger partial charge in [0, 0.05) is 29.3 Å². The second-order valence-electron chi connectivity index (χ2n) is 6.68. The van der Waals surface area contributed by atoms with Crippen LogP contribution in [0.5, 0.6) is 0 Å². The van der Waals surface area contributed by atoms with Gasteiger partial charge in [0.25, 0.3) is 17.4 Å². The molecule has 1 heterocycles. The van der Waals surface area contributed by atoms with Crippen LogP contribution in [0.1, 0.15) is 17.2 Å². The van der Waals surface area contributed by atoms with Gasteiger partial charge in [-0.25, -0.2) is 0 Å². The minimum absolute atomic E-state index is 0.0505. The molecule has 2 aromatic carbocycles. The summed E-state index contributed by atoms with van der Waals surface area (Å²) in [6, 6.07) is 10.6. The summed E-state index contributed by atoms with van der Waals surface area (Å²) in [6.07, 6.45) is 0. The van der Waals surface area contributed by atoms with E-state index in [1.807, 2.05) is 0 Å². The van der Waals surface area contributed by atoms with E-state index in [1.54, 1.807) is 24.3 Å². The first-order valence-corrected chi connectivity index (χ1v) is 9.70. The highest BCUT2D eigenvalue weighted by Gasteiger charge is 2.45. The topological polar surface area (TPSA) is 130 Å². The molecule has 31 heavy (non-hydrogen) atoms. The number of aliphatic hydroxyl groups excluding tert-OH is 2. The molecule has 3 rings (SSSR count). The maximum absolute atomic E-state index is 12.8. The first-order chi connectivity index (χ1) is 14.8. The molecule has 0 saturated carbocycles. The molecule has 162 valence electrons. The summed E-state index contributed by atoms with van der Waals surface area (Å²) in [7, 11) is 0. The van der Waals surface area contributed by atoms with Gasteiger partial charge < -0.3 is 19.8 Å². The van der Waals surface area contributed by atoms with Crippen molar-refractivity contribution < 1.29 is 29.5 Å². The highest BCUT2D eigenvalue weighted by atomic mass is 35.5. The van der Waals surface area contributed by atoms with E-state index in [-0.39, 0.29) is 43.2 Å². The molecule has 9 nitrogen and oxygen atoms in total. The Labute approximate surface area is 182 Å². The van der Waals surface area contributed by atoms with E-state index in [0.29, 0.717) is 10.6 Å². The number of hydrogen-bond donors (Lipinski definition) is 2. The Hall–Kier alpha value is -3.27. The van der Waals surface area contributed by atoms with Crippen molar-refractivity contribution >= 4 is 34.7 Å². The fraction of sp³-hybridized carbons (Fsp3) is 0.238. The summed E-state index contributed by atoms with van der Waals surface area (Å²) in [5.41, 5.74) is 0.406. The third-order valence-corrected chi connectivity index (χ3v) is 5.04. The molecule has 1 aliphatic rings. The van der Waals surface area contributed by atoms with Crippen LogP contribution in [-0.2, 0) is 14.3 Å². The van der Waals surface area contributed by atoms with Gasteiger partial charge in [-0.15, -0.1) is 0 Å². The summed E-state index contributed by atoms with van der Waals surface area (Å²) in [5, 5.41) is 31.1. The van der Waals surface area contributed by atoms with Gasteiger partial charge in [-0.1, -0.05) is 23.7 Å². The molecule has 1 saturated heterocycles. The van der Waals surface area contributed by atoms with E-state index in [1.165, 1.54) is 29.2 Å². The molecule has 10 heteroatoms. The Morgan fingerprint density at radius 1 is 1.10 bits per heavy atom. The predicted molar refractivity (Wildman–Crippen MR) is 111 cm³/mol. The van der Waals surface area contributed by atoms with Crippen LogP contribution in [0.3, 0.4) is 0 Å². The smallest absolute Gasteiger partial charge is 0.295 e. The number of non-ortho nitro benzene ring substituents is 1. The number of ketones is 1. The van der Waals surface area contributed by atoms with Gasteiger partial charge in [-0.2, -0.15) is 0 Å². The molecule has 1 amide bonds. The van der Waals surface area contributed by atoms with Crippen molar-refractivity contribution in [3.05, 3.63) is 80.4 Å². The third-order valence-electron chi connectivity index (χ3n) is 4.79. The Balaban J connectivity index is 2.05. The van der Waals surface area contributed by atoms with Crippen LogP contribution in [0, 0.1) is 10.1 Å². The van der Waals surface area contributed by atoms with Crippen molar-refractivity contribution in [1.29, 1.82) is 0 Å². The number of nitrogens with zero attached hydrogens (tertiary/aromatic N) is 2. The zero-order chi connectivity index (χ0) is 22.5. The lowest BCUT2D eigenvalue weighted by Gasteiger charge is -2.25. The molecule has 1 fully saturated rings. The van der Waals surface area contributed by atoms with Gasteiger partial charge >= 0.3 is 0 Å². The zero-order valence-electron chi connectivity index (χ0n) is 16.2. The molecule has 0 aromatic heterocycles. The van der Waals surface area contributed by atoms with Gasteiger partial charge in [0.2, 0.25) is 0 Å². The van der Waals surface area contributed by atoms with Gasteiger partial charge in [-0.3, -0.25) is 19.7 Å². The van der Waals surface area contributed by atoms with Gasteiger partial charge in [0.15, 0.2) is 0 Å². The fourth-order valence-electron chi connectivity index (χ4n) is 3.33. The first-order valence-electron chi connectivity index (χ1n) is 9.32. The normalized spacial score (nSPS) is 17.9. The molecular formula is C21H19ClN2O7. The summed E-state index contributed by atoms with van der Waals surface area (Å²) in [5.74, 6) is -2.12. The van der Waals surface area contributed by atoms with Crippen LogP contribution in [0.25, 0.3) is 5.76 Å². The number of benzene rings is 2. The molecule has 1 atom stereocenters. The Morgan fingerprint density at radius 3 is 2.32 bits per heavy atom. The summed E-state index contributed by atoms with van der Waals surface area (Å²) < 4.78 is 5.23. The molecule has 1 unspecified atom stereocenters. The average Bonchev–Trinajstić information content (AvgIpc) is 3.01. The molecule has 0 aliphatic carbocycles. The van der Waals surface area contributed by atoms with Crippen molar-refractivity contribution in [3.63, 3.8) is 0 Å².